The summed E-state index contributed by atoms with van der Waals surface area (Å²) < 4.78 is 1.56. The molecule has 0 saturated carbocycles. The maximum Gasteiger partial charge on any atom is 0.328 e. The fourth-order valence-corrected chi connectivity index (χ4v) is 2.98. The molecule has 0 aliphatic heterocycles. The molecule has 0 fully saturated rings. The van der Waals surface area contributed by atoms with Gasteiger partial charge in [-0.25, -0.2) is 19.7 Å². The first kappa shape index (κ1) is 17.0. The van der Waals surface area contributed by atoms with Gasteiger partial charge in [-0.1, -0.05) is 44.2 Å². The van der Waals surface area contributed by atoms with Gasteiger partial charge in [0.25, 0.3) is 0 Å². The number of aromatic amines is 2. The van der Waals surface area contributed by atoms with Crippen molar-refractivity contribution >= 4 is 17.0 Å². The van der Waals surface area contributed by atoms with Crippen LogP contribution in [0.2, 0.25) is 0 Å². The van der Waals surface area contributed by atoms with Crippen LogP contribution in [0, 0.1) is 0 Å². The highest BCUT2D eigenvalue weighted by molar-refractivity contribution is 5.83. The van der Waals surface area contributed by atoms with E-state index < -0.39 is 0 Å². The summed E-state index contributed by atoms with van der Waals surface area (Å²) in [5.74, 6) is 1.47. The lowest BCUT2D eigenvalue weighted by Gasteiger charge is -2.05. The highest BCUT2D eigenvalue weighted by Crippen LogP contribution is 2.22. The SMILES string of the molecule is CCC(C)c1c[nH]c(-c2nc(N)c3[nH]c(=O)n(Cc4ccccc4)c3n2)n1. The van der Waals surface area contributed by atoms with Crippen molar-refractivity contribution in [1.29, 1.82) is 0 Å². The number of imidazole rings is 2. The fourth-order valence-electron chi connectivity index (χ4n) is 2.98. The Morgan fingerprint density at radius 1 is 1.19 bits per heavy atom. The molecule has 3 aromatic heterocycles. The monoisotopic (exact) mass is 363 g/mol. The molecule has 0 spiro atoms. The predicted octanol–water partition coefficient (Wildman–Crippen LogP) is 2.65. The molecule has 0 amide bonds. The zero-order chi connectivity index (χ0) is 19.0. The van der Waals surface area contributed by atoms with Gasteiger partial charge in [-0.15, -0.1) is 0 Å². The molecule has 0 radical (unpaired) electrons. The lowest BCUT2D eigenvalue weighted by molar-refractivity contribution is 0.713. The first-order chi connectivity index (χ1) is 13.1. The van der Waals surface area contributed by atoms with Crippen LogP contribution in [0.4, 0.5) is 5.82 Å². The molecule has 0 aliphatic rings. The molecule has 1 aromatic carbocycles. The topological polar surface area (TPSA) is 118 Å². The van der Waals surface area contributed by atoms with E-state index in [1.807, 2.05) is 36.5 Å². The third-order valence-corrected chi connectivity index (χ3v) is 4.76. The van der Waals surface area contributed by atoms with Crippen LogP contribution in [0.5, 0.6) is 0 Å². The second kappa shape index (κ2) is 6.71. The minimum atomic E-state index is -0.272. The van der Waals surface area contributed by atoms with Gasteiger partial charge >= 0.3 is 5.69 Å². The molecule has 0 aliphatic carbocycles. The van der Waals surface area contributed by atoms with Gasteiger partial charge in [-0.2, -0.15) is 0 Å². The number of nitrogens with two attached hydrogens (primary N) is 1. The van der Waals surface area contributed by atoms with Gasteiger partial charge in [0.15, 0.2) is 23.1 Å². The third-order valence-electron chi connectivity index (χ3n) is 4.76. The van der Waals surface area contributed by atoms with E-state index in [4.69, 9.17) is 5.73 Å². The number of anilines is 1. The van der Waals surface area contributed by atoms with Crippen LogP contribution in [0.15, 0.2) is 41.3 Å². The molecule has 27 heavy (non-hydrogen) atoms. The average Bonchev–Trinajstić information content (AvgIpc) is 3.28. The molecule has 0 saturated heterocycles. The predicted molar refractivity (Wildman–Crippen MR) is 104 cm³/mol. The summed E-state index contributed by atoms with van der Waals surface area (Å²) in [6.07, 6.45) is 2.85. The van der Waals surface area contributed by atoms with Gasteiger partial charge in [0.2, 0.25) is 0 Å². The smallest absolute Gasteiger partial charge is 0.328 e. The van der Waals surface area contributed by atoms with E-state index >= 15 is 0 Å². The Kier molecular flexibility index (Phi) is 4.23. The molecule has 0 bridgehead atoms. The van der Waals surface area contributed by atoms with Gasteiger partial charge in [-0.3, -0.25) is 4.57 Å². The zero-order valence-corrected chi connectivity index (χ0v) is 15.2. The number of aromatic nitrogens is 6. The Labute approximate surface area is 155 Å². The molecule has 4 N–H and O–H groups in total. The number of benzene rings is 1. The number of nitrogens with zero attached hydrogens (tertiary/aromatic N) is 4. The summed E-state index contributed by atoms with van der Waals surface area (Å²) in [6.45, 7) is 4.62. The third kappa shape index (κ3) is 3.10. The molecule has 4 rings (SSSR count). The normalized spacial score (nSPS) is 12.5. The highest BCUT2D eigenvalue weighted by atomic mass is 16.1. The number of nitrogen functional groups attached to an aromatic ring is 1. The Morgan fingerprint density at radius 2 is 1.96 bits per heavy atom. The zero-order valence-electron chi connectivity index (χ0n) is 15.2. The lowest BCUT2D eigenvalue weighted by atomic mass is 10.1. The van der Waals surface area contributed by atoms with E-state index in [9.17, 15) is 4.79 Å². The van der Waals surface area contributed by atoms with Crippen LogP contribution >= 0.6 is 0 Å². The van der Waals surface area contributed by atoms with Gasteiger partial charge in [0, 0.05) is 6.20 Å². The first-order valence-electron chi connectivity index (χ1n) is 8.92. The Balaban J connectivity index is 1.81. The van der Waals surface area contributed by atoms with E-state index in [1.165, 1.54) is 0 Å². The molecule has 8 heteroatoms. The van der Waals surface area contributed by atoms with E-state index in [-0.39, 0.29) is 11.5 Å². The molecule has 1 unspecified atom stereocenters. The summed E-state index contributed by atoms with van der Waals surface area (Å²) in [7, 11) is 0. The van der Waals surface area contributed by atoms with Gasteiger partial charge < -0.3 is 15.7 Å². The molecular formula is C19H21N7O. The average molecular weight is 363 g/mol. The highest BCUT2D eigenvalue weighted by Gasteiger charge is 2.17. The maximum absolute atomic E-state index is 12.4. The van der Waals surface area contributed by atoms with Crippen LogP contribution < -0.4 is 11.4 Å². The van der Waals surface area contributed by atoms with Crippen molar-refractivity contribution in [2.45, 2.75) is 32.7 Å². The number of fused-ring (bicyclic) bond motifs is 1. The number of hydrogen-bond acceptors (Lipinski definition) is 5. The molecule has 138 valence electrons. The second-order valence-corrected chi connectivity index (χ2v) is 6.62. The van der Waals surface area contributed by atoms with E-state index in [2.05, 4.69) is 38.8 Å². The molecule has 1 atom stereocenters. The molecular weight excluding hydrogens is 342 g/mol. The van der Waals surface area contributed by atoms with Crippen molar-refractivity contribution in [2.75, 3.05) is 5.73 Å². The summed E-state index contributed by atoms with van der Waals surface area (Å²) in [5.41, 5.74) is 8.66. The minimum absolute atomic E-state index is 0.223. The standard InChI is InChI=1S/C19H21N7O/c1-3-11(2)13-9-21-16(22-13)17-24-15(20)14-18(25-17)26(19(27)23-14)10-12-7-5-4-6-8-12/h4-9,11H,3,10H2,1-2H3,(H,21,22)(H,23,27)(H2,20,24,25). The van der Waals surface area contributed by atoms with Crippen LogP contribution in [-0.4, -0.2) is 29.5 Å². The van der Waals surface area contributed by atoms with Gasteiger partial charge in [0.05, 0.1) is 12.2 Å². The second-order valence-electron chi connectivity index (χ2n) is 6.62. The van der Waals surface area contributed by atoms with Gasteiger partial charge in [-0.05, 0) is 17.9 Å². The van der Waals surface area contributed by atoms with Crippen molar-refractivity contribution in [3.05, 3.63) is 58.3 Å². The van der Waals surface area contributed by atoms with Crippen molar-refractivity contribution < 1.29 is 0 Å². The van der Waals surface area contributed by atoms with E-state index in [1.54, 1.807) is 4.57 Å². The van der Waals surface area contributed by atoms with Crippen molar-refractivity contribution in [1.82, 2.24) is 29.5 Å². The Morgan fingerprint density at radius 3 is 2.70 bits per heavy atom. The quantitative estimate of drug-likeness (QED) is 0.504. The van der Waals surface area contributed by atoms with Crippen LogP contribution in [-0.2, 0) is 6.54 Å². The van der Waals surface area contributed by atoms with Gasteiger partial charge in [0.1, 0.15) is 5.52 Å². The summed E-state index contributed by atoms with van der Waals surface area (Å²) >= 11 is 0. The van der Waals surface area contributed by atoms with Crippen LogP contribution in [0.1, 0.15) is 37.4 Å². The number of hydrogen-bond donors (Lipinski definition) is 3. The molecule has 3 heterocycles. The van der Waals surface area contributed by atoms with Crippen LogP contribution in [0.25, 0.3) is 22.8 Å². The minimum Gasteiger partial charge on any atom is -0.382 e. The largest absolute Gasteiger partial charge is 0.382 e. The van der Waals surface area contributed by atoms with Crippen molar-refractivity contribution in [3.63, 3.8) is 0 Å². The first-order valence-corrected chi connectivity index (χ1v) is 8.92. The number of rotatable bonds is 5. The lowest BCUT2D eigenvalue weighted by Crippen LogP contribution is -2.17. The van der Waals surface area contributed by atoms with E-state index in [0.717, 1.165) is 17.7 Å². The van der Waals surface area contributed by atoms with Crippen molar-refractivity contribution in [2.24, 2.45) is 0 Å². The van der Waals surface area contributed by atoms with Crippen LogP contribution in [0.3, 0.4) is 0 Å². The summed E-state index contributed by atoms with van der Waals surface area (Å²) in [5, 5.41) is 0. The molecule has 4 aromatic rings. The molecule has 8 nitrogen and oxygen atoms in total. The Hall–Kier alpha value is -3.42. The summed E-state index contributed by atoms with van der Waals surface area (Å²) in [6, 6.07) is 9.72. The number of nitrogens with one attached hydrogen (secondary N) is 2. The fraction of sp³-hybridized carbons (Fsp3) is 0.263. The summed E-state index contributed by atoms with van der Waals surface area (Å²) in [4.78, 5) is 31.8. The van der Waals surface area contributed by atoms with Crippen molar-refractivity contribution in [3.8, 4) is 11.6 Å². The number of H-pyrrole nitrogens is 2. The maximum atomic E-state index is 12.4. The van der Waals surface area contributed by atoms with E-state index in [0.29, 0.717) is 35.3 Å². The Bertz CT molecular complexity index is 1140.